The summed E-state index contributed by atoms with van der Waals surface area (Å²) in [6.07, 6.45) is 1.31. The van der Waals surface area contributed by atoms with Gasteiger partial charge in [-0.05, 0) is 70.5 Å². The Morgan fingerprint density at radius 3 is 2.21 bits per heavy atom. The number of thiophene rings is 1. The van der Waals surface area contributed by atoms with E-state index >= 15 is 0 Å². The van der Waals surface area contributed by atoms with Crippen LogP contribution in [0.3, 0.4) is 0 Å². The molecule has 0 spiro atoms. The van der Waals surface area contributed by atoms with E-state index in [0.717, 1.165) is 24.5 Å². The number of nitrogens with zero attached hydrogens (tertiary/aromatic N) is 5. The summed E-state index contributed by atoms with van der Waals surface area (Å²) in [5.74, 6) is 2.01. The van der Waals surface area contributed by atoms with Gasteiger partial charge in [0, 0.05) is 58.3 Å². The van der Waals surface area contributed by atoms with Gasteiger partial charge in [-0.15, -0.1) is 11.3 Å². The molecule has 2 aromatic heterocycles. The summed E-state index contributed by atoms with van der Waals surface area (Å²) < 4.78 is 5.72. The summed E-state index contributed by atoms with van der Waals surface area (Å²) in [5, 5.41) is 2.43. The SMILES string of the molecule is CC(=O)N1CCN(c2ccc(N(CC3C4CN(C(=O)c5ccc(C(C)(C)C)cc5)CC43)C(=O)Oc3cccs3)cn2)CC1. The lowest BCUT2D eigenvalue weighted by molar-refractivity contribution is -0.129. The zero-order valence-corrected chi connectivity index (χ0v) is 26.0. The van der Waals surface area contributed by atoms with Crippen molar-refractivity contribution in [3.05, 3.63) is 71.2 Å². The molecular weight excluding hydrogens is 562 g/mol. The molecule has 10 heteroatoms. The van der Waals surface area contributed by atoms with Crippen LogP contribution in [0.5, 0.6) is 5.06 Å². The molecule has 3 aromatic rings. The van der Waals surface area contributed by atoms with Crippen LogP contribution < -0.4 is 14.5 Å². The van der Waals surface area contributed by atoms with Crippen LogP contribution in [-0.2, 0) is 10.2 Å². The van der Waals surface area contributed by atoms with Gasteiger partial charge in [0.2, 0.25) is 5.91 Å². The van der Waals surface area contributed by atoms with Crippen LogP contribution in [0.15, 0.2) is 60.1 Å². The van der Waals surface area contributed by atoms with Crippen molar-refractivity contribution < 1.29 is 19.1 Å². The maximum atomic E-state index is 13.4. The lowest BCUT2D eigenvalue weighted by atomic mass is 9.86. The number of amides is 3. The van der Waals surface area contributed by atoms with Gasteiger partial charge in [0.25, 0.3) is 5.91 Å². The molecule has 2 aliphatic heterocycles. The fourth-order valence-electron chi connectivity index (χ4n) is 6.32. The number of hydrogen-bond acceptors (Lipinski definition) is 7. The van der Waals surface area contributed by atoms with Crippen molar-refractivity contribution in [2.45, 2.75) is 33.1 Å². The molecule has 1 aromatic carbocycles. The zero-order valence-electron chi connectivity index (χ0n) is 25.2. The summed E-state index contributed by atoms with van der Waals surface area (Å²) in [5.41, 5.74) is 2.66. The number of benzene rings is 1. The summed E-state index contributed by atoms with van der Waals surface area (Å²) in [6.45, 7) is 12.8. The number of fused-ring (bicyclic) bond motifs is 1. The lowest BCUT2D eigenvalue weighted by Crippen LogP contribution is -2.48. The van der Waals surface area contributed by atoms with Crippen molar-refractivity contribution in [3.8, 4) is 5.06 Å². The monoisotopic (exact) mass is 601 g/mol. The second-order valence-electron chi connectivity index (χ2n) is 12.8. The lowest BCUT2D eigenvalue weighted by Gasteiger charge is -2.35. The van der Waals surface area contributed by atoms with Gasteiger partial charge in [-0.2, -0.15) is 0 Å². The molecule has 2 unspecified atom stereocenters. The largest absolute Gasteiger partial charge is 0.420 e. The second kappa shape index (κ2) is 11.6. The summed E-state index contributed by atoms with van der Waals surface area (Å²) in [7, 11) is 0. The molecule has 9 nitrogen and oxygen atoms in total. The molecule has 3 fully saturated rings. The molecule has 4 heterocycles. The Balaban J connectivity index is 1.11. The van der Waals surface area contributed by atoms with Crippen molar-refractivity contribution in [1.29, 1.82) is 0 Å². The molecular formula is C33H39N5O4S. The Kier molecular flexibility index (Phi) is 7.89. The van der Waals surface area contributed by atoms with Crippen LogP contribution in [0.2, 0.25) is 0 Å². The first-order valence-corrected chi connectivity index (χ1v) is 15.9. The molecule has 3 aliphatic rings. The van der Waals surface area contributed by atoms with E-state index in [1.807, 2.05) is 45.5 Å². The van der Waals surface area contributed by atoms with Gasteiger partial charge in [0.15, 0.2) is 5.06 Å². The van der Waals surface area contributed by atoms with Gasteiger partial charge in [-0.1, -0.05) is 32.9 Å². The molecule has 226 valence electrons. The number of rotatable bonds is 6. The number of piperazine rings is 1. The average Bonchev–Trinajstić information content (AvgIpc) is 3.33. The third-order valence-corrected chi connectivity index (χ3v) is 9.79. The van der Waals surface area contributed by atoms with E-state index in [0.29, 0.717) is 61.2 Å². The van der Waals surface area contributed by atoms with Gasteiger partial charge in [0.05, 0.1) is 11.9 Å². The first-order valence-electron chi connectivity index (χ1n) is 15.0. The number of likely N-dealkylation sites (tertiary alicyclic amines) is 1. The summed E-state index contributed by atoms with van der Waals surface area (Å²) in [6, 6.07) is 15.5. The number of aromatic nitrogens is 1. The molecule has 1 saturated carbocycles. The highest BCUT2D eigenvalue weighted by atomic mass is 32.1. The number of piperidine rings is 1. The fourth-order valence-corrected chi connectivity index (χ4v) is 6.88. The smallest absolute Gasteiger partial charge is 0.399 e. The molecule has 43 heavy (non-hydrogen) atoms. The van der Waals surface area contributed by atoms with Crippen molar-refractivity contribution in [2.24, 2.45) is 17.8 Å². The van der Waals surface area contributed by atoms with Crippen molar-refractivity contribution in [3.63, 3.8) is 0 Å². The van der Waals surface area contributed by atoms with Gasteiger partial charge < -0.3 is 19.4 Å². The van der Waals surface area contributed by atoms with Crippen LogP contribution in [0.25, 0.3) is 0 Å². The van der Waals surface area contributed by atoms with Crippen LogP contribution >= 0.6 is 11.3 Å². The van der Waals surface area contributed by atoms with Crippen LogP contribution in [0, 0.1) is 17.8 Å². The molecule has 2 atom stereocenters. The Hall–Kier alpha value is -3.92. The van der Waals surface area contributed by atoms with Crippen molar-refractivity contribution in [2.75, 3.05) is 55.6 Å². The first kappa shape index (κ1) is 29.2. The third kappa shape index (κ3) is 6.25. The van der Waals surface area contributed by atoms with E-state index in [-0.39, 0.29) is 17.2 Å². The van der Waals surface area contributed by atoms with Crippen molar-refractivity contribution >= 4 is 40.7 Å². The number of hydrogen-bond donors (Lipinski definition) is 0. The molecule has 0 radical (unpaired) electrons. The first-order chi connectivity index (χ1) is 20.6. The standard InChI is InChI=1S/C33H39N5O4S/c1-22(39)35-13-15-36(16-14-35)29-12-11-25(18-34-29)38(32(41)42-30-6-5-17-43-30)21-28-26-19-37(20-27(26)28)31(40)23-7-9-24(10-8-23)33(2,3)4/h5-12,17-18,26-28H,13-16,19-21H2,1-4H3. The van der Waals surface area contributed by atoms with E-state index in [1.54, 1.807) is 24.1 Å². The number of ether oxygens (including phenoxy) is 1. The van der Waals surface area contributed by atoms with Crippen LogP contribution in [0.1, 0.15) is 43.6 Å². The predicted octanol–water partition coefficient (Wildman–Crippen LogP) is 5.13. The number of pyridine rings is 1. The van der Waals surface area contributed by atoms with Crippen LogP contribution in [0.4, 0.5) is 16.3 Å². The van der Waals surface area contributed by atoms with Gasteiger partial charge in [-0.3, -0.25) is 14.5 Å². The van der Waals surface area contributed by atoms with Gasteiger partial charge in [-0.25, -0.2) is 9.78 Å². The van der Waals surface area contributed by atoms with Gasteiger partial charge in [0.1, 0.15) is 5.82 Å². The maximum Gasteiger partial charge on any atom is 0.420 e. The number of carbonyl (C=O) groups excluding carboxylic acids is 3. The minimum Gasteiger partial charge on any atom is -0.399 e. The average molecular weight is 602 g/mol. The molecule has 6 rings (SSSR count). The summed E-state index contributed by atoms with van der Waals surface area (Å²) in [4.78, 5) is 50.7. The fraction of sp³-hybridized carbons (Fsp3) is 0.455. The van der Waals surface area contributed by atoms with E-state index < -0.39 is 6.09 Å². The zero-order chi connectivity index (χ0) is 30.3. The van der Waals surface area contributed by atoms with Crippen LogP contribution in [-0.4, -0.2) is 78.5 Å². The topological polar surface area (TPSA) is 86.3 Å². The quantitative estimate of drug-likeness (QED) is 0.389. The molecule has 2 saturated heterocycles. The second-order valence-corrected chi connectivity index (χ2v) is 13.7. The number of anilines is 2. The Morgan fingerprint density at radius 1 is 0.953 bits per heavy atom. The number of carbonyl (C=O) groups is 3. The highest BCUT2D eigenvalue weighted by molar-refractivity contribution is 7.11. The minimum absolute atomic E-state index is 0.0439. The normalized spacial score (nSPS) is 21.4. The highest BCUT2D eigenvalue weighted by Crippen LogP contribution is 2.52. The van der Waals surface area contributed by atoms with E-state index in [1.165, 1.54) is 16.9 Å². The van der Waals surface area contributed by atoms with Gasteiger partial charge >= 0.3 is 6.09 Å². The molecule has 3 amide bonds. The molecule has 1 aliphatic carbocycles. The van der Waals surface area contributed by atoms with E-state index in [2.05, 4.69) is 42.8 Å². The van der Waals surface area contributed by atoms with E-state index in [4.69, 9.17) is 4.74 Å². The minimum atomic E-state index is -0.427. The third-order valence-electron chi connectivity index (χ3n) is 9.05. The van der Waals surface area contributed by atoms with Crippen molar-refractivity contribution in [1.82, 2.24) is 14.8 Å². The Labute approximate surface area is 257 Å². The highest BCUT2D eigenvalue weighted by Gasteiger charge is 2.57. The Bertz CT molecular complexity index is 1450. The molecule has 0 bridgehead atoms. The Morgan fingerprint density at radius 2 is 1.65 bits per heavy atom. The summed E-state index contributed by atoms with van der Waals surface area (Å²) >= 11 is 1.38. The maximum absolute atomic E-state index is 13.4. The molecule has 0 N–H and O–H groups in total. The predicted molar refractivity (Wildman–Crippen MR) is 168 cm³/mol. The van der Waals surface area contributed by atoms with E-state index in [9.17, 15) is 14.4 Å².